The van der Waals surface area contributed by atoms with Gasteiger partial charge in [-0.3, -0.25) is 4.79 Å². The molecule has 0 aromatic rings. The number of fused-ring (bicyclic) bond motifs is 5. The summed E-state index contributed by atoms with van der Waals surface area (Å²) >= 11 is 4.83. The number of carbonyl (C=O) groups is 1. The highest BCUT2D eigenvalue weighted by Gasteiger charge is 2.59. The average molecular weight is 266 g/mol. The second-order valence-electron chi connectivity index (χ2n) is 7.19. The molecule has 3 heteroatoms. The van der Waals surface area contributed by atoms with Gasteiger partial charge in [0.15, 0.2) is 0 Å². The predicted octanol–water partition coefficient (Wildman–Crippen LogP) is 2.92. The van der Waals surface area contributed by atoms with E-state index in [1.807, 2.05) is 0 Å². The Morgan fingerprint density at radius 2 is 1.78 bits per heavy atom. The Bertz CT molecular complexity index is 383. The van der Waals surface area contributed by atoms with Crippen LogP contribution >= 0.6 is 12.6 Å². The molecule has 4 aliphatic rings. The lowest BCUT2D eigenvalue weighted by Crippen LogP contribution is -2.34. The molecule has 18 heavy (non-hydrogen) atoms. The van der Waals surface area contributed by atoms with Crippen LogP contribution in [0, 0.1) is 35.5 Å². The lowest BCUT2D eigenvalue weighted by molar-refractivity contribution is -0.143. The van der Waals surface area contributed by atoms with Gasteiger partial charge in [-0.15, -0.1) is 0 Å². The highest BCUT2D eigenvalue weighted by atomic mass is 32.1. The number of hydrogen-bond donors (Lipinski definition) is 1. The molecule has 0 aromatic carbocycles. The van der Waals surface area contributed by atoms with Crippen molar-refractivity contribution in [2.45, 2.75) is 50.4 Å². The fraction of sp³-hybridized carbons (Fsp3) is 0.933. The van der Waals surface area contributed by atoms with Crippen LogP contribution in [0.2, 0.25) is 0 Å². The normalized spacial score (nSPS) is 58.0. The van der Waals surface area contributed by atoms with Crippen LogP contribution < -0.4 is 0 Å². The van der Waals surface area contributed by atoms with E-state index in [9.17, 15) is 4.79 Å². The fourth-order valence-corrected chi connectivity index (χ4v) is 6.30. The van der Waals surface area contributed by atoms with E-state index >= 15 is 0 Å². The van der Waals surface area contributed by atoms with Gasteiger partial charge in [0.2, 0.25) is 0 Å². The maximum atomic E-state index is 11.5. The van der Waals surface area contributed by atoms with E-state index in [1.165, 1.54) is 25.7 Å². The van der Waals surface area contributed by atoms with E-state index in [1.54, 1.807) is 0 Å². The second kappa shape index (κ2) is 3.91. The SMILES string of the molecule is CC1CC(S)C(C2CC3CC2C2CC(=O)OC32)C1. The van der Waals surface area contributed by atoms with Crippen molar-refractivity contribution in [3.63, 3.8) is 0 Å². The largest absolute Gasteiger partial charge is 0.462 e. The zero-order chi connectivity index (χ0) is 12.4. The van der Waals surface area contributed by atoms with Gasteiger partial charge in [-0.1, -0.05) is 6.92 Å². The van der Waals surface area contributed by atoms with Gasteiger partial charge >= 0.3 is 5.97 Å². The molecule has 0 radical (unpaired) electrons. The molecule has 2 nitrogen and oxygen atoms in total. The molecular formula is C15H22O2S. The topological polar surface area (TPSA) is 26.3 Å². The summed E-state index contributed by atoms with van der Waals surface area (Å²) in [5.41, 5.74) is 0. The van der Waals surface area contributed by atoms with Crippen molar-refractivity contribution in [1.82, 2.24) is 0 Å². The van der Waals surface area contributed by atoms with E-state index in [4.69, 9.17) is 17.4 Å². The minimum atomic E-state index is 0.0579. The molecule has 1 aliphatic heterocycles. The Morgan fingerprint density at radius 1 is 1.06 bits per heavy atom. The van der Waals surface area contributed by atoms with E-state index in [0.29, 0.717) is 23.5 Å². The quantitative estimate of drug-likeness (QED) is 0.583. The number of rotatable bonds is 1. The van der Waals surface area contributed by atoms with Gasteiger partial charge in [-0.25, -0.2) is 0 Å². The summed E-state index contributed by atoms with van der Waals surface area (Å²) in [6.07, 6.45) is 6.24. The minimum absolute atomic E-state index is 0.0579. The van der Waals surface area contributed by atoms with Gasteiger partial charge in [0, 0.05) is 11.2 Å². The Kier molecular flexibility index (Phi) is 2.53. The first-order valence-electron chi connectivity index (χ1n) is 7.51. The summed E-state index contributed by atoms with van der Waals surface area (Å²) in [5, 5.41) is 0.598. The van der Waals surface area contributed by atoms with Gasteiger partial charge in [0.25, 0.3) is 0 Å². The van der Waals surface area contributed by atoms with E-state index in [2.05, 4.69) is 6.92 Å². The molecule has 1 heterocycles. The second-order valence-corrected chi connectivity index (χ2v) is 7.85. The summed E-state index contributed by atoms with van der Waals surface area (Å²) in [6, 6.07) is 0. The molecule has 2 bridgehead atoms. The lowest BCUT2D eigenvalue weighted by atomic mass is 9.72. The third-order valence-electron chi connectivity index (χ3n) is 6.17. The maximum Gasteiger partial charge on any atom is 0.306 e. The van der Waals surface area contributed by atoms with Crippen molar-refractivity contribution in [3.8, 4) is 0 Å². The molecule has 3 saturated carbocycles. The van der Waals surface area contributed by atoms with Gasteiger partial charge in [0.05, 0.1) is 6.42 Å². The van der Waals surface area contributed by atoms with Crippen LogP contribution in [-0.2, 0) is 9.53 Å². The smallest absolute Gasteiger partial charge is 0.306 e. The summed E-state index contributed by atoms with van der Waals surface area (Å²) in [5.74, 6) is 4.52. The molecule has 1 saturated heterocycles. The standard InChI is InChI=1S/C15H22O2S/c1-7-2-11(13(18)3-7)9-4-8-5-10(9)12-6-14(16)17-15(8)12/h7-13,15,18H,2-6H2,1H3. The van der Waals surface area contributed by atoms with Crippen LogP contribution in [0.1, 0.15) is 39.0 Å². The zero-order valence-corrected chi connectivity index (χ0v) is 11.8. The third-order valence-corrected chi connectivity index (χ3v) is 6.76. The van der Waals surface area contributed by atoms with E-state index < -0.39 is 0 Å². The summed E-state index contributed by atoms with van der Waals surface area (Å²) < 4.78 is 5.52. The number of carbonyl (C=O) groups excluding carboxylic acids is 1. The average Bonchev–Trinajstić information content (AvgIpc) is 2.98. The Morgan fingerprint density at radius 3 is 2.44 bits per heavy atom. The van der Waals surface area contributed by atoms with Crippen LogP contribution in [0.4, 0.5) is 0 Å². The first-order chi connectivity index (χ1) is 8.63. The highest BCUT2D eigenvalue weighted by Crippen LogP contribution is 2.60. The minimum Gasteiger partial charge on any atom is -0.462 e. The molecule has 0 amide bonds. The van der Waals surface area contributed by atoms with Crippen molar-refractivity contribution in [1.29, 1.82) is 0 Å². The zero-order valence-electron chi connectivity index (χ0n) is 10.9. The number of hydrogen-bond acceptors (Lipinski definition) is 3. The lowest BCUT2D eigenvalue weighted by Gasteiger charge is -2.35. The molecule has 3 aliphatic carbocycles. The van der Waals surface area contributed by atoms with Gasteiger partial charge in [-0.2, -0.15) is 12.6 Å². The van der Waals surface area contributed by atoms with Crippen LogP contribution in [0.25, 0.3) is 0 Å². The fourth-order valence-electron chi connectivity index (χ4n) is 5.60. The molecule has 0 N–H and O–H groups in total. The van der Waals surface area contributed by atoms with Crippen LogP contribution in [-0.4, -0.2) is 17.3 Å². The van der Waals surface area contributed by atoms with Gasteiger partial charge < -0.3 is 4.74 Å². The van der Waals surface area contributed by atoms with Gasteiger partial charge in [-0.05, 0) is 55.3 Å². The first kappa shape index (κ1) is 11.6. The molecule has 8 atom stereocenters. The molecular weight excluding hydrogens is 244 g/mol. The molecule has 8 unspecified atom stereocenters. The molecule has 100 valence electrons. The van der Waals surface area contributed by atoms with E-state index in [0.717, 1.165) is 23.7 Å². The van der Waals surface area contributed by atoms with Crippen LogP contribution in [0.15, 0.2) is 0 Å². The van der Waals surface area contributed by atoms with Crippen molar-refractivity contribution in [2.24, 2.45) is 35.5 Å². The van der Waals surface area contributed by atoms with Gasteiger partial charge in [0.1, 0.15) is 6.10 Å². The predicted molar refractivity (Wildman–Crippen MR) is 72.4 cm³/mol. The third kappa shape index (κ3) is 1.52. The van der Waals surface area contributed by atoms with Crippen molar-refractivity contribution in [2.75, 3.05) is 0 Å². The monoisotopic (exact) mass is 266 g/mol. The molecule has 0 spiro atoms. The van der Waals surface area contributed by atoms with Crippen LogP contribution in [0.5, 0.6) is 0 Å². The van der Waals surface area contributed by atoms with Crippen LogP contribution in [0.3, 0.4) is 0 Å². The molecule has 0 aromatic heterocycles. The summed E-state index contributed by atoms with van der Waals surface area (Å²) in [7, 11) is 0. The highest BCUT2D eigenvalue weighted by molar-refractivity contribution is 7.81. The molecule has 4 rings (SSSR count). The Hall–Kier alpha value is -0.180. The Balaban J connectivity index is 1.54. The number of esters is 1. The first-order valence-corrected chi connectivity index (χ1v) is 8.02. The maximum absolute atomic E-state index is 11.5. The summed E-state index contributed by atoms with van der Waals surface area (Å²) in [6.45, 7) is 2.36. The Labute approximate surface area is 114 Å². The summed E-state index contributed by atoms with van der Waals surface area (Å²) in [4.78, 5) is 11.5. The van der Waals surface area contributed by atoms with E-state index in [-0.39, 0.29) is 12.1 Å². The molecule has 4 fully saturated rings. The van der Waals surface area contributed by atoms with Crippen molar-refractivity contribution in [3.05, 3.63) is 0 Å². The number of thiol groups is 1. The number of ether oxygens (including phenoxy) is 1. The van der Waals surface area contributed by atoms with Crippen molar-refractivity contribution >= 4 is 18.6 Å². The van der Waals surface area contributed by atoms with Crippen molar-refractivity contribution < 1.29 is 9.53 Å².